The summed E-state index contributed by atoms with van der Waals surface area (Å²) in [5.74, 6) is 0.841. The molecule has 0 bridgehead atoms. The first-order chi connectivity index (χ1) is 9.63. The number of hydrogen-bond acceptors (Lipinski definition) is 4. The molecule has 5 nitrogen and oxygen atoms in total. The van der Waals surface area contributed by atoms with E-state index in [1.54, 1.807) is 13.2 Å². The summed E-state index contributed by atoms with van der Waals surface area (Å²) >= 11 is 3.40. The van der Waals surface area contributed by atoms with Crippen molar-refractivity contribution in [3.63, 3.8) is 0 Å². The lowest BCUT2D eigenvalue weighted by Gasteiger charge is -2.28. The summed E-state index contributed by atoms with van der Waals surface area (Å²) in [4.78, 5) is 0. The summed E-state index contributed by atoms with van der Waals surface area (Å²) < 4.78 is 12.1. The first-order valence-electron chi connectivity index (χ1n) is 6.61. The van der Waals surface area contributed by atoms with Crippen LogP contribution in [0.15, 0.2) is 27.8 Å². The number of ether oxygens (including phenoxy) is 2. The van der Waals surface area contributed by atoms with Crippen molar-refractivity contribution in [3.05, 3.63) is 28.2 Å². The monoisotopic (exact) mass is 342 g/mol. The van der Waals surface area contributed by atoms with E-state index in [0.29, 0.717) is 5.56 Å². The molecule has 2 unspecified atom stereocenters. The van der Waals surface area contributed by atoms with Crippen LogP contribution in [0.2, 0.25) is 0 Å². The van der Waals surface area contributed by atoms with Crippen molar-refractivity contribution in [2.24, 2.45) is 10.9 Å². The standard InChI is InChI=1S/C14H19BrN2O3/c1-19-9-3-2-4-10(7-9)20-11-5-6-12(13(15)8-11)14(16)17-18/h5-6,8-10,18H,2-4,7H2,1H3,(H2,16,17). The summed E-state index contributed by atoms with van der Waals surface area (Å²) in [5, 5.41) is 11.7. The third kappa shape index (κ3) is 3.64. The van der Waals surface area contributed by atoms with E-state index in [-0.39, 0.29) is 18.0 Å². The van der Waals surface area contributed by atoms with Gasteiger partial charge in [-0.1, -0.05) is 5.16 Å². The first kappa shape index (κ1) is 15.1. The predicted molar refractivity (Wildman–Crippen MR) is 80.3 cm³/mol. The van der Waals surface area contributed by atoms with Gasteiger partial charge in [0, 0.05) is 23.6 Å². The number of nitrogens with two attached hydrogens (primary N) is 1. The molecule has 1 aromatic rings. The largest absolute Gasteiger partial charge is 0.490 e. The van der Waals surface area contributed by atoms with Crippen LogP contribution in [0.25, 0.3) is 0 Å². The summed E-state index contributed by atoms with van der Waals surface area (Å²) in [6, 6.07) is 5.43. The number of nitrogens with zero attached hydrogens (tertiary/aromatic N) is 1. The van der Waals surface area contributed by atoms with Gasteiger partial charge in [0.25, 0.3) is 0 Å². The highest BCUT2D eigenvalue weighted by Crippen LogP contribution is 2.28. The maximum absolute atomic E-state index is 8.70. The molecule has 110 valence electrons. The number of benzene rings is 1. The van der Waals surface area contributed by atoms with E-state index in [1.165, 1.54) is 0 Å². The Morgan fingerprint density at radius 1 is 1.40 bits per heavy atom. The number of halogens is 1. The van der Waals surface area contributed by atoms with Gasteiger partial charge in [-0.25, -0.2) is 0 Å². The zero-order valence-corrected chi connectivity index (χ0v) is 13.0. The molecule has 0 spiro atoms. The average molecular weight is 343 g/mol. The highest BCUT2D eigenvalue weighted by atomic mass is 79.9. The molecule has 6 heteroatoms. The van der Waals surface area contributed by atoms with Gasteiger partial charge in [-0.15, -0.1) is 0 Å². The van der Waals surface area contributed by atoms with Gasteiger partial charge >= 0.3 is 0 Å². The number of oxime groups is 1. The lowest BCUT2D eigenvalue weighted by atomic mass is 9.95. The van der Waals surface area contributed by atoms with Crippen molar-refractivity contribution in [1.82, 2.24) is 0 Å². The Labute approximate surface area is 126 Å². The molecule has 0 aliphatic heterocycles. The van der Waals surface area contributed by atoms with Gasteiger partial charge in [0.2, 0.25) is 0 Å². The maximum Gasteiger partial charge on any atom is 0.171 e. The van der Waals surface area contributed by atoms with Gasteiger partial charge in [0.15, 0.2) is 5.84 Å². The van der Waals surface area contributed by atoms with Crippen LogP contribution in [0.5, 0.6) is 5.75 Å². The molecule has 0 saturated heterocycles. The lowest BCUT2D eigenvalue weighted by Crippen LogP contribution is -2.29. The zero-order chi connectivity index (χ0) is 14.5. The number of hydrogen-bond donors (Lipinski definition) is 2. The Bertz CT molecular complexity index is 493. The molecule has 0 radical (unpaired) electrons. The first-order valence-corrected chi connectivity index (χ1v) is 7.40. The van der Waals surface area contributed by atoms with Crippen molar-refractivity contribution in [2.45, 2.75) is 37.9 Å². The molecule has 0 amide bonds. The minimum absolute atomic E-state index is 0.0699. The van der Waals surface area contributed by atoms with Crippen LogP contribution in [0.1, 0.15) is 31.2 Å². The number of methoxy groups -OCH3 is 1. The van der Waals surface area contributed by atoms with E-state index in [2.05, 4.69) is 21.1 Å². The van der Waals surface area contributed by atoms with E-state index in [4.69, 9.17) is 20.4 Å². The van der Waals surface area contributed by atoms with Gasteiger partial charge in [-0.05, 0) is 53.4 Å². The number of rotatable bonds is 4. The molecule has 1 fully saturated rings. The van der Waals surface area contributed by atoms with Crippen molar-refractivity contribution in [2.75, 3.05) is 7.11 Å². The minimum atomic E-state index is 0.0699. The molecule has 1 aliphatic rings. The van der Waals surface area contributed by atoms with E-state index < -0.39 is 0 Å². The molecule has 3 N–H and O–H groups in total. The molecule has 1 aliphatic carbocycles. The van der Waals surface area contributed by atoms with Crippen molar-refractivity contribution in [1.29, 1.82) is 0 Å². The van der Waals surface area contributed by atoms with Crippen LogP contribution >= 0.6 is 15.9 Å². The van der Waals surface area contributed by atoms with E-state index in [1.807, 2.05) is 12.1 Å². The summed E-state index contributed by atoms with van der Waals surface area (Å²) in [6.45, 7) is 0. The van der Waals surface area contributed by atoms with Crippen molar-refractivity contribution >= 4 is 21.8 Å². The maximum atomic E-state index is 8.70. The highest BCUT2D eigenvalue weighted by molar-refractivity contribution is 9.10. The zero-order valence-electron chi connectivity index (χ0n) is 11.4. The van der Waals surface area contributed by atoms with Gasteiger partial charge in [-0.3, -0.25) is 0 Å². The Morgan fingerprint density at radius 2 is 2.15 bits per heavy atom. The van der Waals surface area contributed by atoms with Crippen LogP contribution in [0.3, 0.4) is 0 Å². The Hall–Kier alpha value is -1.27. The fourth-order valence-electron chi connectivity index (χ4n) is 2.45. The van der Waals surface area contributed by atoms with Gasteiger partial charge in [0.1, 0.15) is 11.9 Å². The Balaban J connectivity index is 2.05. The predicted octanol–water partition coefficient (Wildman–Crippen LogP) is 2.88. The Kier molecular flexibility index (Phi) is 5.25. The Morgan fingerprint density at radius 3 is 2.80 bits per heavy atom. The summed E-state index contributed by atoms with van der Waals surface area (Å²) in [7, 11) is 1.75. The second-order valence-electron chi connectivity index (χ2n) is 4.89. The smallest absolute Gasteiger partial charge is 0.171 e. The topological polar surface area (TPSA) is 77.1 Å². The molecule has 2 atom stereocenters. The second kappa shape index (κ2) is 6.95. The molecule has 1 saturated carbocycles. The summed E-state index contributed by atoms with van der Waals surface area (Å²) in [6.07, 6.45) is 4.63. The van der Waals surface area contributed by atoms with Crippen LogP contribution in [-0.4, -0.2) is 30.4 Å². The van der Waals surface area contributed by atoms with Gasteiger partial charge < -0.3 is 20.4 Å². The quantitative estimate of drug-likeness (QED) is 0.381. The fraction of sp³-hybridized carbons (Fsp3) is 0.500. The fourth-order valence-corrected chi connectivity index (χ4v) is 3.01. The van der Waals surface area contributed by atoms with Crippen LogP contribution < -0.4 is 10.5 Å². The third-order valence-electron chi connectivity index (χ3n) is 3.54. The minimum Gasteiger partial charge on any atom is -0.490 e. The highest BCUT2D eigenvalue weighted by Gasteiger charge is 2.23. The van der Waals surface area contributed by atoms with Crippen LogP contribution in [0, 0.1) is 0 Å². The third-order valence-corrected chi connectivity index (χ3v) is 4.19. The lowest BCUT2D eigenvalue weighted by molar-refractivity contribution is 0.0209. The van der Waals surface area contributed by atoms with Crippen molar-refractivity contribution in [3.8, 4) is 5.75 Å². The SMILES string of the molecule is COC1CCCC(Oc2ccc(/C(N)=N/O)c(Br)c2)C1. The summed E-state index contributed by atoms with van der Waals surface area (Å²) in [5.41, 5.74) is 6.22. The van der Waals surface area contributed by atoms with E-state index in [9.17, 15) is 0 Å². The molecule has 2 rings (SSSR count). The normalized spacial score (nSPS) is 23.6. The van der Waals surface area contributed by atoms with Gasteiger partial charge in [-0.2, -0.15) is 0 Å². The van der Waals surface area contributed by atoms with Gasteiger partial charge in [0.05, 0.1) is 6.10 Å². The molecule has 0 aromatic heterocycles. The van der Waals surface area contributed by atoms with Crippen molar-refractivity contribution < 1.29 is 14.7 Å². The molecule has 20 heavy (non-hydrogen) atoms. The molecular weight excluding hydrogens is 324 g/mol. The molecular formula is C14H19BrN2O3. The molecule has 1 aromatic carbocycles. The van der Waals surface area contributed by atoms with Crippen LogP contribution in [-0.2, 0) is 4.74 Å². The van der Waals surface area contributed by atoms with E-state index in [0.717, 1.165) is 35.9 Å². The molecule has 0 heterocycles. The second-order valence-corrected chi connectivity index (χ2v) is 5.75. The number of amidine groups is 1. The average Bonchev–Trinajstić information content (AvgIpc) is 2.47. The van der Waals surface area contributed by atoms with Crippen LogP contribution in [0.4, 0.5) is 0 Å². The van der Waals surface area contributed by atoms with E-state index >= 15 is 0 Å².